The van der Waals surface area contributed by atoms with Crippen LogP contribution in [-0.2, 0) is 10.1 Å². The van der Waals surface area contributed by atoms with Crippen molar-refractivity contribution in [2.45, 2.75) is 13.8 Å². The normalized spacial score (nSPS) is 12.3. The molecule has 7 heteroatoms. The molecule has 0 unspecified atom stereocenters. The smallest absolute Gasteiger partial charge is 0.337 e. The summed E-state index contributed by atoms with van der Waals surface area (Å²) in [5, 5.41) is 9.18. The molecule has 0 saturated carbocycles. The van der Waals surface area contributed by atoms with E-state index >= 15 is 0 Å². The van der Waals surface area contributed by atoms with E-state index in [0.29, 0.717) is 11.5 Å². The Kier molecular flexibility index (Phi) is 5.16. The van der Waals surface area contributed by atoms with E-state index in [-0.39, 0.29) is 21.3 Å². The maximum Gasteiger partial charge on any atom is 0.337 e. The Labute approximate surface area is 117 Å². The molecule has 0 aliphatic rings. The van der Waals surface area contributed by atoms with Gasteiger partial charge in [-0.05, 0) is 12.1 Å². The number of benzene rings is 1. The van der Waals surface area contributed by atoms with Gasteiger partial charge in [0, 0.05) is 11.5 Å². The van der Waals surface area contributed by atoms with E-state index in [2.05, 4.69) is 4.36 Å². The average Bonchev–Trinajstić information content (AvgIpc) is 2.33. The maximum atomic E-state index is 11.0. The Balaban J connectivity index is 3.50. The van der Waals surface area contributed by atoms with Gasteiger partial charge in [0.25, 0.3) is 0 Å². The van der Waals surface area contributed by atoms with Gasteiger partial charge in [-0.3, -0.25) is 0 Å². The highest BCUT2D eigenvalue weighted by atomic mass is 35.5. The van der Waals surface area contributed by atoms with Crippen molar-refractivity contribution >= 4 is 45.0 Å². The summed E-state index contributed by atoms with van der Waals surface area (Å²) in [5.74, 6) is -0.163. The molecule has 0 heterocycles. The van der Waals surface area contributed by atoms with E-state index in [4.69, 9.17) is 28.3 Å². The first-order valence-electron chi connectivity index (χ1n) is 5.39. The summed E-state index contributed by atoms with van der Waals surface area (Å²) in [4.78, 5) is 11.0. The molecule has 0 aromatic heterocycles. The second kappa shape index (κ2) is 6.02. The third kappa shape index (κ3) is 3.23. The first-order valence-corrected chi connectivity index (χ1v) is 8.21. The van der Waals surface area contributed by atoms with Crippen LogP contribution in [0.1, 0.15) is 24.2 Å². The lowest BCUT2D eigenvalue weighted by molar-refractivity contribution is 0.0697. The van der Waals surface area contributed by atoms with Crippen LogP contribution in [0.4, 0.5) is 5.69 Å². The lowest BCUT2D eigenvalue weighted by Crippen LogP contribution is -2.15. The van der Waals surface area contributed by atoms with Gasteiger partial charge in [-0.1, -0.05) is 37.0 Å². The second-order valence-electron chi connectivity index (χ2n) is 3.67. The van der Waals surface area contributed by atoms with Gasteiger partial charge in [0.1, 0.15) is 5.69 Å². The van der Waals surface area contributed by atoms with Gasteiger partial charge < -0.3 is 9.66 Å². The Morgan fingerprint density at radius 3 is 2.33 bits per heavy atom. The minimum Gasteiger partial charge on any atom is -0.478 e. The summed E-state index contributed by atoms with van der Waals surface area (Å²) >= 11 is 11.9. The van der Waals surface area contributed by atoms with Crippen molar-refractivity contribution < 1.29 is 14.5 Å². The summed E-state index contributed by atoms with van der Waals surface area (Å²) in [6.45, 7) is 3.65. The molecule has 0 aliphatic carbocycles. The van der Waals surface area contributed by atoms with Crippen LogP contribution in [0.15, 0.2) is 16.5 Å². The lowest BCUT2D eigenvalue weighted by atomic mass is 10.2. The number of rotatable bonds is 4. The van der Waals surface area contributed by atoms with E-state index in [0.717, 1.165) is 0 Å². The van der Waals surface area contributed by atoms with Crippen LogP contribution in [0.5, 0.6) is 0 Å². The molecule has 2 N–H and O–H groups in total. The maximum absolute atomic E-state index is 11.0. The standard InChI is InChI=1S/C11H15Cl2NO3S/c1-3-18(17,4-2)14-10-8(12)6-5-7(9(10)13)11(15)16/h5-6,18H,3-4H2,1-2H3,(H,14,17)(H,15,16). The number of aromatic carboxylic acids is 1. The van der Waals surface area contributed by atoms with Crippen LogP contribution in [0, 0.1) is 0 Å². The quantitative estimate of drug-likeness (QED) is 0.738. The molecular weight excluding hydrogens is 297 g/mol. The molecule has 102 valence electrons. The van der Waals surface area contributed by atoms with Gasteiger partial charge in [-0.25, -0.2) is 9.16 Å². The minimum absolute atomic E-state index is 0.0321. The first kappa shape index (κ1) is 15.4. The van der Waals surface area contributed by atoms with Crippen molar-refractivity contribution in [2.24, 2.45) is 4.36 Å². The van der Waals surface area contributed by atoms with E-state index in [1.807, 2.05) is 13.8 Å². The molecule has 0 radical (unpaired) electrons. The van der Waals surface area contributed by atoms with Crippen molar-refractivity contribution in [3.63, 3.8) is 0 Å². The Morgan fingerprint density at radius 2 is 1.89 bits per heavy atom. The molecule has 1 rings (SSSR count). The number of carbonyl (C=O) groups is 1. The Hall–Kier alpha value is -0.620. The van der Waals surface area contributed by atoms with Gasteiger partial charge in [0.2, 0.25) is 0 Å². The lowest BCUT2D eigenvalue weighted by Gasteiger charge is -2.20. The molecule has 0 spiro atoms. The van der Waals surface area contributed by atoms with Gasteiger partial charge in [0.15, 0.2) is 0 Å². The third-order valence-electron chi connectivity index (χ3n) is 2.60. The predicted octanol–water partition coefficient (Wildman–Crippen LogP) is 3.91. The zero-order valence-electron chi connectivity index (χ0n) is 10.0. The van der Waals surface area contributed by atoms with Crippen molar-refractivity contribution in [1.29, 1.82) is 0 Å². The van der Waals surface area contributed by atoms with Crippen molar-refractivity contribution in [2.75, 3.05) is 11.5 Å². The largest absolute Gasteiger partial charge is 0.478 e. The van der Waals surface area contributed by atoms with Crippen LogP contribution >= 0.6 is 23.2 Å². The van der Waals surface area contributed by atoms with Crippen LogP contribution in [0.25, 0.3) is 0 Å². The molecule has 4 nitrogen and oxygen atoms in total. The number of carboxylic acids is 1. The topological polar surface area (TPSA) is 69.9 Å². The van der Waals surface area contributed by atoms with Gasteiger partial charge in [0.05, 0.1) is 15.6 Å². The number of hydrogen-bond donors (Lipinski definition) is 3. The predicted molar refractivity (Wildman–Crippen MR) is 78.0 cm³/mol. The van der Waals surface area contributed by atoms with Crippen molar-refractivity contribution in [3.8, 4) is 0 Å². The van der Waals surface area contributed by atoms with Crippen LogP contribution in [0.2, 0.25) is 10.0 Å². The zero-order valence-corrected chi connectivity index (χ0v) is 12.4. The highest BCUT2D eigenvalue weighted by molar-refractivity contribution is 8.00. The monoisotopic (exact) mass is 311 g/mol. The van der Waals surface area contributed by atoms with Crippen molar-refractivity contribution in [3.05, 3.63) is 27.7 Å². The fraction of sp³-hybridized carbons (Fsp3) is 0.364. The van der Waals surface area contributed by atoms with E-state index in [1.165, 1.54) is 12.1 Å². The fourth-order valence-electron chi connectivity index (χ4n) is 1.35. The molecule has 18 heavy (non-hydrogen) atoms. The summed E-state index contributed by atoms with van der Waals surface area (Å²) < 4.78 is 14.4. The van der Waals surface area contributed by atoms with Crippen LogP contribution in [0.3, 0.4) is 0 Å². The fourth-order valence-corrected chi connectivity index (χ4v) is 3.31. The molecule has 1 aromatic carbocycles. The summed E-state index contributed by atoms with van der Waals surface area (Å²) in [7, 11) is -2.49. The summed E-state index contributed by atoms with van der Waals surface area (Å²) in [6, 6.07) is 2.74. The Morgan fingerprint density at radius 1 is 1.33 bits per heavy atom. The number of thiol groups is 1. The zero-order chi connectivity index (χ0) is 13.9. The first-order chi connectivity index (χ1) is 8.34. The highest BCUT2D eigenvalue weighted by Crippen LogP contribution is 2.37. The molecule has 0 atom stereocenters. The van der Waals surface area contributed by atoms with Gasteiger partial charge in [-0.15, -0.1) is 10.1 Å². The van der Waals surface area contributed by atoms with E-state index in [9.17, 15) is 9.35 Å². The number of nitrogens with zero attached hydrogens (tertiary/aromatic N) is 1. The molecule has 0 fully saturated rings. The molecule has 0 aliphatic heterocycles. The second-order valence-corrected chi connectivity index (χ2v) is 7.68. The molecule has 0 amide bonds. The van der Waals surface area contributed by atoms with Gasteiger partial charge >= 0.3 is 5.97 Å². The van der Waals surface area contributed by atoms with E-state index < -0.39 is 16.1 Å². The average molecular weight is 312 g/mol. The number of carboxylic acid groups (broad SMARTS) is 1. The van der Waals surface area contributed by atoms with Gasteiger partial charge in [-0.2, -0.15) is 0 Å². The third-order valence-corrected chi connectivity index (χ3v) is 5.88. The van der Waals surface area contributed by atoms with Crippen LogP contribution < -0.4 is 0 Å². The Bertz CT molecular complexity index is 523. The van der Waals surface area contributed by atoms with E-state index in [1.54, 1.807) is 0 Å². The minimum atomic E-state index is -2.49. The number of hydrogen-bond acceptors (Lipinski definition) is 2. The van der Waals surface area contributed by atoms with Crippen molar-refractivity contribution in [1.82, 2.24) is 0 Å². The van der Waals surface area contributed by atoms with Crippen LogP contribution in [-0.4, -0.2) is 27.1 Å². The molecular formula is C11H15Cl2NO3S. The molecule has 0 bridgehead atoms. The molecule has 1 aromatic rings. The highest BCUT2D eigenvalue weighted by Gasteiger charge is 2.16. The number of halogens is 2. The molecule has 0 saturated heterocycles. The summed E-state index contributed by atoms with van der Waals surface area (Å²) in [5.41, 5.74) is 0.0938. The summed E-state index contributed by atoms with van der Waals surface area (Å²) in [6.07, 6.45) is 0. The SMILES string of the molecule is CC[SH](O)(CC)=Nc1c(Cl)ccc(C(=O)O)c1Cl.